The maximum absolute atomic E-state index is 10.0. The number of benzene rings is 8. The molecule has 8 aromatic rings. The van der Waals surface area contributed by atoms with Crippen molar-refractivity contribution in [3.8, 4) is 46.0 Å². The summed E-state index contributed by atoms with van der Waals surface area (Å²) in [4.78, 5) is 18.4. The van der Waals surface area contributed by atoms with E-state index in [9.17, 15) is 20.4 Å². The van der Waals surface area contributed by atoms with E-state index in [-0.39, 0.29) is 23.0 Å². The van der Waals surface area contributed by atoms with Gasteiger partial charge >= 0.3 is 0 Å². The van der Waals surface area contributed by atoms with Crippen molar-refractivity contribution < 1.29 is 29.9 Å². The van der Waals surface area contributed by atoms with Gasteiger partial charge in [-0.1, -0.05) is 60.7 Å². The van der Waals surface area contributed by atoms with E-state index in [1.54, 1.807) is 48.5 Å². The van der Waals surface area contributed by atoms with E-state index in [1.165, 1.54) is 0 Å². The van der Waals surface area contributed by atoms with E-state index in [0.29, 0.717) is 56.7 Å². The Morgan fingerprint density at radius 3 is 0.848 bits per heavy atom. The number of aromatic hydroxyl groups is 4. The van der Waals surface area contributed by atoms with Crippen LogP contribution in [0.3, 0.4) is 0 Å². The Bertz CT molecular complexity index is 2860. The largest absolute Gasteiger partial charge is 0.507 e. The predicted octanol–water partition coefficient (Wildman–Crippen LogP) is 14.3. The monoisotopic (exact) mass is 872 g/mol. The number of phenolic OH excluding ortho intramolecular Hbond substituents is 4. The number of hydrogen-bond donors (Lipinski definition) is 4. The predicted molar refractivity (Wildman–Crippen MR) is 266 cm³/mol. The van der Waals surface area contributed by atoms with Gasteiger partial charge in [-0.05, 0) is 149 Å². The topological polar surface area (TPSA) is 149 Å². The standard InChI is InChI=1S/2C28H24N2O3/c2*1-19(25-10-3-5-12-27(25)31)29-21-14-16-23(17-15-21)33-24-9-7-8-22(18-24)30-20(2)26-11-4-6-13-28(26)32/h2*3-18,31-32H,1-2H3. The van der Waals surface area contributed by atoms with Crippen LogP contribution in [0.15, 0.2) is 214 Å². The number of aliphatic imine (C=N–C) groups is 4. The molecule has 0 aliphatic heterocycles. The lowest BCUT2D eigenvalue weighted by Gasteiger charge is -2.08. The minimum absolute atomic E-state index is 0.201. The second-order valence-electron chi connectivity index (χ2n) is 15.0. The van der Waals surface area contributed by atoms with Gasteiger partial charge in [-0.25, -0.2) is 0 Å². The first-order valence-corrected chi connectivity index (χ1v) is 21.1. The first kappa shape index (κ1) is 45.3. The first-order chi connectivity index (χ1) is 32.0. The van der Waals surface area contributed by atoms with E-state index < -0.39 is 0 Å². The lowest BCUT2D eigenvalue weighted by Crippen LogP contribution is -1.94. The Morgan fingerprint density at radius 2 is 0.561 bits per heavy atom. The van der Waals surface area contributed by atoms with Crippen LogP contribution in [-0.4, -0.2) is 43.3 Å². The average molecular weight is 873 g/mol. The Morgan fingerprint density at radius 1 is 0.288 bits per heavy atom. The molecule has 0 bridgehead atoms. The maximum Gasteiger partial charge on any atom is 0.129 e. The van der Waals surface area contributed by atoms with Crippen molar-refractivity contribution >= 4 is 45.6 Å². The molecule has 66 heavy (non-hydrogen) atoms. The van der Waals surface area contributed by atoms with Crippen LogP contribution in [0.1, 0.15) is 49.9 Å². The van der Waals surface area contributed by atoms with Crippen LogP contribution in [-0.2, 0) is 0 Å². The van der Waals surface area contributed by atoms with Crippen molar-refractivity contribution in [3.05, 3.63) is 216 Å². The summed E-state index contributed by atoms with van der Waals surface area (Å²) in [6.07, 6.45) is 0. The fourth-order valence-corrected chi connectivity index (χ4v) is 6.82. The molecule has 328 valence electrons. The van der Waals surface area contributed by atoms with Crippen LogP contribution in [0, 0.1) is 0 Å². The van der Waals surface area contributed by atoms with Crippen LogP contribution in [0.2, 0.25) is 0 Å². The van der Waals surface area contributed by atoms with Crippen LogP contribution in [0.25, 0.3) is 0 Å². The minimum Gasteiger partial charge on any atom is -0.507 e. The molecule has 10 nitrogen and oxygen atoms in total. The lowest BCUT2D eigenvalue weighted by atomic mass is 10.1. The summed E-state index contributed by atoms with van der Waals surface area (Å²) < 4.78 is 12.0. The molecular weight excluding hydrogens is 825 g/mol. The summed E-state index contributed by atoms with van der Waals surface area (Å²) in [6.45, 7) is 7.45. The van der Waals surface area contributed by atoms with Crippen molar-refractivity contribution in [2.45, 2.75) is 27.7 Å². The van der Waals surface area contributed by atoms with Crippen molar-refractivity contribution in [2.24, 2.45) is 20.0 Å². The molecule has 0 spiro atoms. The molecule has 0 saturated heterocycles. The Hall–Kier alpha value is -8.76. The van der Waals surface area contributed by atoms with Gasteiger partial charge in [0.25, 0.3) is 0 Å². The van der Waals surface area contributed by atoms with Crippen molar-refractivity contribution in [3.63, 3.8) is 0 Å². The van der Waals surface area contributed by atoms with Crippen LogP contribution >= 0.6 is 0 Å². The summed E-state index contributed by atoms with van der Waals surface area (Å²) in [5.41, 5.74) is 8.67. The molecule has 10 heteroatoms. The molecule has 4 N–H and O–H groups in total. The van der Waals surface area contributed by atoms with Gasteiger partial charge in [0.15, 0.2) is 0 Å². The number of hydrogen-bond acceptors (Lipinski definition) is 10. The molecule has 0 unspecified atom stereocenters. The number of nitrogens with zero attached hydrogens (tertiary/aromatic N) is 4. The second kappa shape index (κ2) is 21.5. The van der Waals surface area contributed by atoms with Gasteiger partial charge in [-0.2, -0.15) is 0 Å². The van der Waals surface area contributed by atoms with E-state index in [4.69, 9.17) is 9.47 Å². The minimum atomic E-state index is 0.201. The fourth-order valence-electron chi connectivity index (χ4n) is 6.82. The van der Waals surface area contributed by atoms with Crippen molar-refractivity contribution in [1.29, 1.82) is 0 Å². The highest BCUT2D eigenvalue weighted by atomic mass is 16.5. The van der Waals surface area contributed by atoms with Crippen LogP contribution in [0.4, 0.5) is 22.7 Å². The number of para-hydroxylation sites is 4. The lowest BCUT2D eigenvalue weighted by molar-refractivity contribution is 0.473. The van der Waals surface area contributed by atoms with Crippen molar-refractivity contribution in [1.82, 2.24) is 0 Å². The van der Waals surface area contributed by atoms with Gasteiger partial charge in [0.2, 0.25) is 0 Å². The Kier molecular flexibility index (Phi) is 14.8. The van der Waals surface area contributed by atoms with Gasteiger partial charge < -0.3 is 29.9 Å². The molecular formula is C56H48N4O6. The summed E-state index contributed by atoms with van der Waals surface area (Å²) in [6, 6.07) is 58.3. The molecule has 0 aliphatic rings. The average Bonchev–Trinajstić information content (AvgIpc) is 3.31. The van der Waals surface area contributed by atoms with Gasteiger partial charge in [-0.15, -0.1) is 0 Å². The highest BCUT2D eigenvalue weighted by molar-refractivity contribution is 6.04. The molecule has 0 fully saturated rings. The van der Waals surface area contributed by atoms with E-state index in [2.05, 4.69) is 20.0 Å². The molecule has 0 aromatic heterocycles. The molecule has 0 radical (unpaired) electrons. The Labute approximate surface area is 384 Å². The zero-order valence-corrected chi connectivity index (χ0v) is 36.9. The zero-order chi connectivity index (χ0) is 46.4. The third kappa shape index (κ3) is 12.2. The van der Waals surface area contributed by atoms with Gasteiger partial charge in [0, 0.05) is 57.2 Å². The van der Waals surface area contributed by atoms with Gasteiger partial charge in [-0.3, -0.25) is 20.0 Å². The molecule has 0 atom stereocenters. The Balaban J connectivity index is 0.000000196. The molecule has 0 saturated carbocycles. The van der Waals surface area contributed by atoms with Gasteiger partial charge in [0.05, 0.1) is 22.7 Å². The molecule has 0 aliphatic carbocycles. The fraction of sp³-hybridized carbons (Fsp3) is 0.0714. The van der Waals surface area contributed by atoms with Crippen LogP contribution < -0.4 is 9.47 Å². The molecule has 0 heterocycles. The number of ether oxygens (including phenoxy) is 2. The second-order valence-corrected chi connectivity index (χ2v) is 15.0. The number of phenols is 4. The van der Waals surface area contributed by atoms with Crippen LogP contribution in [0.5, 0.6) is 46.0 Å². The zero-order valence-electron chi connectivity index (χ0n) is 36.9. The number of rotatable bonds is 12. The molecule has 8 aromatic carbocycles. The first-order valence-electron chi connectivity index (χ1n) is 21.1. The van der Waals surface area contributed by atoms with Gasteiger partial charge in [0.1, 0.15) is 46.0 Å². The summed E-state index contributed by atoms with van der Waals surface area (Å²) in [7, 11) is 0. The molecule has 8 rings (SSSR count). The highest BCUT2D eigenvalue weighted by Gasteiger charge is 2.09. The van der Waals surface area contributed by atoms with E-state index >= 15 is 0 Å². The highest BCUT2D eigenvalue weighted by Crippen LogP contribution is 2.31. The maximum atomic E-state index is 10.0. The summed E-state index contributed by atoms with van der Waals surface area (Å²) in [5, 5.41) is 40.1. The summed E-state index contributed by atoms with van der Waals surface area (Å²) >= 11 is 0. The third-order valence-corrected chi connectivity index (χ3v) is 10.1. The third-order valence-electron chi connectivity index (χ3n) is 10.1. The van der Waals surface area contributed by atoms with E-state index in [1.807, 2.05) is 173 Å². The molecule has 0 amide bonds. The van der Waals surface area contributed by atoms with E-state index in [0.717, 1.165) is 34.2 Å². The SMILES string of the molecule is CC(=Nc1ccc(Oc2cccc(N=C(C)c3ccccc3O)c2)cc1)c1ccccc1O.CC(=Nc1ccc(Oc2cccc(N=C(C)c3ccccc3O)c2)cc1)c1ccccc1O. The smallest absolute Gasteiger partial charge is 0.129 e. The normalized spacial score (nSPS) is 11.9. The summed E-state index contributed by atoms with van der Waals surface area (Å²) in [5.74, 6) is 3.47. The van der Waals surface area contributed by atoms with Crippen molar-refractivity contribution in [2.75, 3.05) is 0 Å². The quantitative estimate of drug-likeness (QED) is 0.0898.